The van der Waals surface area contributed by atoms with Crippen molar-refractivity contribution in [2.45, 2.75) is 35.7 Å². The van der Waals surface area contributed by atoms with Crippen molar-refractivity contribution in [2.24, 2.45) is 0 Å². The second kappa shape index (κ2) is 8.29. The van der Waals surface area contributed by atoms with Crippen molar-refractivity contribution < 1.29 is 9.15 Å². The van der Waals surface area contributed by atoms with Gasteiger partial charge in [-0.1, -0.05) is 0 Å². The predicted molar refractivity (Wildman–Crippen MR) is 95.8 cm³/mol. The molecule has 0 bridgehead atoms. The van der Waals surface area contributed by atoms with E-state index in [9.17, 15) is 0 Å². The topological polar surface area (TPSA) is 77.2 Å². The fourth-order valence-corrected chi connectivity index (χ4v) is 3.52. The molecule has 0 N–H and O–H groups in total. The molecule has 4 heterocycles. The summed E-state index contributed by atoms with van der Waals surface area (Å²) < 4.78 is 11.7. The molecule has 7 nitrogen and oxygen atoms in total. The van der Waals surface area contributed by atoms with Gasteiger partial charge in [-0.05, 0) is 48.9 Å². The summed E-state index contributed by atoms with van der Waals surface area (Å²) in [4.78, 5) is 19.0. The zero-order chi connectivity index (χ0) is 17.6. The van der Waals surface area contributed by atoms with E-state index in [0.29, 0.717) is 11.2 Å². The van der Waals surface area contributed by atoms with Crippen LogP contribution in [0.15, 0.2) is 63.7 Å². The van der Waals surface area contributed by atoms with Gasteiger partial charge in [-0.3, -0.25) is 4.90 Å². The molecule has 1 aliphatic rings. The average Bonchev–Trinajstić information content (AvgIpc) is 3.12. The highest BCUT2D eigenvalue weighted by Crippen LogP contribution is 2.27. The minimum atomic E-state index is 0.173. The summed E-state index contributed by atoms with van der Waals surface area (Å²) in [6.07, 6.45) is 8.94. The maximum atomic E-state index is 5.90. The van der Waals surface area contributed by atoms with E-state index < -0.39 is 0 Å². The lowest BCUT2D eigenvalue weighted by atomic mass is 10.1. The molecular weight excluding hydrogens is 350 g/mol. The molecule has 0 saturated carbocycles. The van der Waals surface area contributed by atoms with Gasteiger partial charge >= 0.3 is 6.01 Å². The first-order valence-electron chi connectivity index (χ1n) is 8.55. The molecule has 1 aliphatic heterocycles. The Hall–Kier alpha value is -2.45. The highest BCUT2D eigenvalue weighted by atomic mass is 32.2. The third-order valence-corrected chi connectivity index (χ3v) is 4.91. The number of aromatic nitrogens is 4. The Balaban J connectivity index is 1.26. The summed E-state index contributed by atoms with van der Waals surface area (Å²) in [7, 11) is 0. The normalized spacial score (nSPS) is 15.8. The molecule has 26 heavy (non-hydrogen) atoms. The smallest absolute Gasteiger partial charge is 0.316 e. The summed E-state index contributed by atoms with van der Waals surface area (Å²) in [6.45, 7) is 2.72. The highest BCUT2D eigenvalue weighted by Gasteiger charge is 2.22. The lowest BCUT2D eigenvalue weighted by molar-refractivity contribution is 0.0850. The summed E-state index contributed by atoms with van der Waals surface area (Å²) in [5.41, 5.74) is 0. The van der Waals surface area contributed by atoms with E-state index in [1.165, 1.54) is 11.8 Å². The second-order valence-electron chi connectivity index (χ2n) is 5.98. The summed E-state index contributed by atoms with van der Waals surface area (Å²) >= 11 is 1.43. The molecule has 134 valence electrons. The van der Waals surface area contributed by atoms with Crippen LogP contribution in [0, 0.1) is 0 Å². The molecule has 0 aromatic carbocycles. The Kier molecular flexibility index (Phi) is 5.41. The van der Waals surface area contributed by atoms with E-state index in [1.54, 1.807) is 36.9 Å². The SMILES string of the molecule is c1cnc(OC2CCN(Cc3ccc(Sc4ncccn4)o3)CC2)nc1. The molecule has 0 aliphatic carbocycles. The van der Waals surface area contributed by atoms with Gasteiger partial charge in [-0.15, -0.1) is 0 Å². The molecule has 4 rings (SSSR count). The van der Waals surface area contributed by atoms with Gasteiger partial charge in [-0.2, -0.15) is 0 Å². The van der Waals surface area contributed by atoms with Crippen molar-refractivity contribution in [1.29, 1.82) is 0 Å². The maximum absolute atomic E-state index is 5.90. The van der Waals surface area contributed by atoms with Crippen LogP contribution >= 0.6 is 11.8 Å². The van der Waals surface area contributed by atoms with Crippen LogP contribution in [0.25, 0.3) is 0 Å². The number of ether oxygens (including phenoxy) is 1. The van der Waals surface area contributed by atoms with Gasteiger partial charge in [0, 0.05) is 37.9 Å². The molecule has 0 spiro atoms. The van der Waals surface area contributed by atoms with Crippen LogP contribution in [-0.4, -0.2) is 44.0 Å². The zero-order valence-corrected chi connectivity index (χ0v) is 15.0. The van der Waals surface area contributed by atoms with E-state index in [0.717, 1.165) is 43.3 Å². The Morgan fingerprint density at radius 1 is 1.00 bits per heavy atom. The molecular formula is C18H19N5O2S. The monoisotopic (exact) mass is 369 g/mol. The third-order valence-electron chi connectivity index (χ3n) is 4.10. The number of hydrogen-bond acceptors (Lipinski definition) is 8. The van der Waals surface area contributed by atoms with E-state index in [-0.39, 0.29) is 6.10 Å². The van der Waals surface area contributed by atoms with E-state index in [2.05, 4.69) is 24.8 Å². The largest absolute Gasteiger partial charge is 0.460 e. The van der Waals surface area contributed by atoms with Crippen LogP contribution in [0.3, 0.4) is 0 Å². The first-order valence-corrected chi connectivity index (χ1v) is 9.36. The Labute approximate surface area is 155 Å². The number of furan rings is 1. The third kappa shape index (κ3) is 4.59. The molecule has 0 atom stereocenters. The van der Waals surface area contributed by atoms with Gasteiger partial charge < -0.3 is 9.15 Å². The summed E-state index contributed by atoms with van der Waals surface area (Å²) in [5.74, 6) is 0.953. The van der Waals surface area contributed by atoms with Gasteiger partial charge in [0.15, 0.2) is 10.2 Å². The fourth-order valence-electron chi connectivity index (χ4n) is 2.83. The Bertz CT molecular complexity index is 807. The molecule has 0 radical (unpaired) electrons. The van der Waals surface area contributed by atoms with Gasteiger partial charge in [-0.25, -0.2) is 19.9 Å². The Morgan fingerprint density at radius 3 is 2.42 bits per heavy atom. The first kappa shape index (κ1) is 17.0. The predicted octanol–water partition coefficient (Wildman–Crippen LogP) is 3.05. The average molecular weight is 369 g/mol. The summed E-state index contributed by atoms with van der Waals surface area (Å²) in [6, 6.07) is 8.04. The molecule has 3 aromatic rings. The number of rotatable bonds is 6. The number of nitrogens with zero attached hydrogens (tertiary/aromatic N) is 5. The van der Waals surface area contributed by atoms with Gasteiger partial charge in [0.05, 0.1) is 6.54 Å². The van der Waals surface area contributed by atoms with Gasteiger partial charge in [0.25, 0.3) is 0 Å². The highest BCUT2D eigenvalue weighted by molar-refractivity contribution is 7.99. The molecule has 8 heteroatoms. The van der Waals surface area contributed by atoms with Crippen molar-refractivity contribution in [3.8, 4) is 6.01 Å². The lowest BCUT2D eigenvalue weighted by Crippen LogP contribution is -2.37. The molecule has 0 amide bonds. The molecule has 1 saturated heterocycles. The minimum Gasteiger partial charge on any atom is -0.460 e. The van der Waals surface area contributed by atoms with E-state index >= 15 is 0 Å². The van der Waals surface area contributed by atoms with Gasteiger partial charge in [0.2, 0.25) is 0 Å². The van der Waals surface area contributed by atoms with Crippen molar-refractivity contribution in [3.63, 3.8) is 0 Å². The zero-order valence-electron chi connectivity index (χ0n) is 14.2. The van der Waals surface area contributed by atoms with Crippen molar-refractivity contribution in [1.82, 2.24) is 24.8 Å². The quantitative estimate of drug-likeness (QED) is 0.614. The van der Waals surface area contributed by atoms with Crippen LogP contribution in [0.5, 0.6) is 6.01 Å². The molecule has 0 unspecified atom stereocenters. The van der Waals surface area contributed by atoms with E-state index in [4.69, 9.17) is 9.15 Å². The maximum Gasteiger partial charge on any atom is 0.316 e. The van der Waals surface area contributed by atoms with Crippen LogP contribution < -0.4 is 4.74 Å². The standard InChI is InChI=1S/C18H19N5O2S/c1-7-19-17(20-8-1)25-14-5-11-23(12-6-14)13-15-3-4-16(24-15)26-18-21-9-2-10-22-18/h1-4,7-10,14H,5-6,11-13H2. The van der Waals surface area contributed by atoms with Crippen LogP contribution in [0.2, 0.25) is 0 Å². The molecule has 3 aromatic heterocycles. The van der Waals surface area contributed by atoms with E-state index in [1.807, 2.05) is 12.1 Å². The molecule has 1 fully saturated rings. The lowest BCUT2D eigenvalue weighted by Gasteiger charge is -2.30. The number of likely N-dealkylation sites (tertiary alicyclic amines) is 1. The Morgan fingerprint density at radius 2 is 1.69 bits per heavy atom. The van der Waals surface area contributed by atoms with Gasteiger partial charge in [0.1, 0.15) is 11.9 Å². The van der Waals surface area contributed by atoms with Crippen molar-refractivity contribution >= 4 is 11.8 Å². The van der Waals surface area contributed by atoms with Crippen molar-refractivity contribution in [3.05, 3.63) is 54.8 Å². The second-order valence-corrected chi connectivity index (χ2v) is 6.95. The number of piperidine rings is 1. The fraction of sp³-hybridized carbons (Fsp3) is 0.333. The minimum absolute atomic E-state index is 0.173. The van der Waals surface area contributed by atoms with Crippen LogP contribution in [0.1, 0.15) is 18.6 Å². The number of hydrogen-bond donors (Lipinski definition) is 0. The van der Waals surface area contributed by atoms with Crippen LogP contribution in [-0.2, 0) is 6.54 Å². The first-order chi connectivity index (χ1) is 12.8. The van der Waals surface area contributed by atoms with Crippen LogP contribution in [0.4, 0.5) is 0 Å². The van der Waals surface area contributed by atoms with Crippen molar-refractivity contribution in [2.75, 3.05) is 13.1 Å². The summed E-state index contributed by atoms with van der Waals surface area (Å²) in [5, 5.41) is 1.50.